The van der Waals surface area contributed by atoms with Gasteiger partial charge in [0.25, 0.3) is 5.91 Å². The van der Waals surface area contributed by atoms with Gasteiger partial charge in [0.2, 0.25) is 11.9 Å². The zero-order chi connectivity index (χ0) is 27.4. The Balaban J connectivity index is 1.65. The second kappa shape index (κ2) is 11.3. The number of hydrogen-bond donors (Lipinski definition) is 1. The summed E-state index contributed by atoms with van der Waals surface area (Å²) in [7, 11) is 3.86. The molecule has 4 rings (SSSR count). The number of para-hydroxylation sites is 1. The van der Waals surface area contributed by atoms with E-state index in [2.05, 4.69) is 15.3 Å². The van der Waals surface area contributed by atoms with Crippen molar-refractivity contribution in [2.24, 2.45) is 0 Å². The van der Waals surface area contributed by atoms with Crippen molar-refractivity contribution in [3.05, 3.63) is 65.5 Å². The molecule has 2 amide bonds. The lowest BCUT2D eigenvalue weighted by atomic mass is 10.1. The van der Waals surface area contributed by atoms with E-state index in [1.807, 2.05) is 59.7 Å². The number of pyridine rings is 1. The number of amides is 2. The van der Waals surface area contributed by atoms with Crippen LogP contribution in [0.25, 0.3) is 11.0 Å². The van der Waals surface area contributed by atoms with E-state index in [-0.39, 0.29) is 23.5 Å². The third-order valence-electron chi connectivity index (χ3n) is 6.51. The van der Waals surface area contributed by atoms with Crippen LogP contribution in [0, 0.1) is 6.92 Å². The van der Waals surface area contributed by atoms with Crippen molar-refractivity contribution in [3.8, 4) is 0 Å². The van der Waals surface area contributed by atoms with E-state index in [4.69, 9.17) is 0 Å². The summed E-state index contributed by atoms with van der Waals surface area (Å²) in [5.74, 6) is -0.406. The van der Waals surface area contributed by atoms with Gasteiger partial charge in [-0.2, -0.15) is 13.2 Å². The van der Waals surface area contributed by atoms with Gasteiger partial charge >= 0.3 is 6.18 Å². The molecule has 0 spiro atoms. The molecule has 202 valence electrons. The van der Waals surface area contributed by atoms with Crippen LogP contribution in [0.2, 0.25) is 0 Å². The van der Waals surface area contributed by atoms with E-state index < -0.39 is 17.8 Å². The average molecular weight is 529 g/mol. The normalized spacial score (nSPS) is 16.8. The number of nitrogens with one attached hydrogen (secondary N) is 1. The lowest BCUT2D eigenvalue weighted by molar-refractivity contribution is -0.141. The Morgan fingerprint density at radius 1 is 1.18 bits per heavy atom. The topological polar surface area (TPSA) is 83.4 Å². The number of aromatic nitrogens is 3. The van der Waals surface area contributed by atoms with Crippen LogP contribution < -0.4 is 5.32 Å². The Hall–Kier alpha value is -3.73. The fourth-order valence-electron chi connectivity index (χ4n) is 4.63. The van der Waals surface area contributed by atoms with Gasteiger partial charge in [0, 0.05) is 31.9 Å². The Kier molecular flexibility index (Phi) is 8.15. The number of rotatable bonds is 6. The van der Waals surface area contributed by atoms with Crippen molar-refractivity contribution in [2.75, 3.05) is 39.0 Å². The van der Waals surface area contributed by atoms with Crippen LogP contribution in [0.1, 0.15) is 46.9 Å². The van der Waals surface area contributed by atoms with E-state index in [9.17, 15) is 22.8 Å². The molecule has 0 bridgehead atoms. The second-order valence-electron chi connectivity index (χ2n) is 9.73. The highest BCUT2D eigenvalue weighted by Gasteiger charge is 2.32. The summed E-state index contributed by atoms with van der Waals surface area (Å²) in [6.45, 7) is 3.68. The molecule has 2 aromatic heterocycles. The van der Waals surface area contributed by atoms with Crippen LogP contribution in [-0.4, -0.2) is 69.9 Å². The standard InChI is InChI=1S/C27H31F3N6O2/c1-18-8-6-10-21-24(18)36(20-9-4-5-15-35(17-20)23(37)11-7-14-34(2)3)26(32-21)33-25(38)19-12-13-22(31-16-19)27(28,29)30/h6-8,10-13,16,20H,4-5,9,14-15,17H2,1-3H3,(H,32,33,38)/b11-7-. The number of anilines is 1. The monoisotopic (exact) mass is 528 g/mol. The van der Waals surface area contributed by atoms with Crippen LogP contribution >= 0.6 is 0 Å². The van der Waals surface area contributed by atoms with Gasteiger partial charge in [-0.05, 0) is 64.0 Å². The number of benzene rings is 1. The maximum atomic E-state index is 13.0. The van der Waals surface area contributed by atoms with Crippen molar-refractivity contribution >= 4 is 28.8 Å². The molecule has 1 aromatic carbocycles. The summed E-state index contributed by atoms with van der Waals surface area (Å²) in [5.41, 5.74) is 1.39. The number of alkyl halides is 3. The van der Waals surface area contributed by atoms with Gasteiger partial charge in [-0.1, -0.05) is 18.2 Å². The smallest absolute Gasteiger partial charge is 0.337 e. The van der Waals surface area contributed by atoms with Gasteiger partial charge in [0.1, 0.15) is 5.69 Å². The predicted octanol–water partition coefficient (Wildman–Crippen LogP) is 4.68. The molecule has 0 aliphatic carbocycles. The van der Waals surface area contributed by atoms with Crippen molar-refractivity contribution in [1.29, 1.82) is 0 Å². The summed E-state index contributed by atoms with van der Waals surface area (Å²) in [5, 5.41) is 2.78. The Morgan fingerprint density at radius 3 is 2.66 bits per heavy atom. The molecule has 8 nitrogen and oxygen atoms in total. The van der Waals surface area contributed by atoms with Crippen LogP contribution in [0.15, 0.2) is 48.7 Å². The first-order valence-electron chi connectivity index (χ1n) is 12.5. The van der Waals surface area contributed by atoms with Crippen LogP contribution in [0.4, 0.5) is 19.1 Å². The number of carbonyl (C=O) groups excluding carboxylic acids is 2. The molecule has 0 radical (unpaired) electrons. The molecule has 1 aliphatic rings. The van der Waals surface area contributed by atoms with E-state index in [1.165, 1.54) is 0 Å². The second-order valence-corrected chi connectivity index (χ2v) is 9.73. The number of likely N-dealkylation sites (N-methyl/N-ethyl adjacent to an activating group) is 1. The first kappa shape index (κ1) is 27.3. The summed E-state index contributed by atoms with van der Waals surface area (Å²) in [6.07, 6.45) is 2.26. The van der Waals surface area contributed by atoms with Crippen LogP contribution in [0.3, 0.4) is 0 Å². The van der Waals surface area contributed by atoms with E-state index in [0.717, 1.165) is 48.7 Å². The molecule has 3 heterocycles. The number of aryl methyl sites for hydroxylation is 1. The zero-order valence-electron chi connectivity index (χ0n) is 21.6. The van der Waals surface area contributed by atoms with Gasteiger partial charge in [-0.25, -0.2) is 4.98 Å². The van der Waals surface area contributed by atoms with Crippen LogP contribution in [-0.2, 0) is 11.0 Å². The van der Waals surface area contributed by atoms with Crippen molar-refractivity contribution < 1.29 is 22.8 Å². The van der Waals surface area contributed by atoms with Crippen molar-refractivity contribution in [1.82, 2.24) is 24.3 Å². The minimum absolute atomic E-state index is 0.0166. The minimum atomic E-state index is -4.59. The number of likely N-dealkylation sites (tertiary alicyclic amines) is 1. The van der Waals surface area contributed by atoms with Gasteiger partial charge in [0.15, 0.2) is 0 Å². The maximum Gasteiger partial charge on any atom is 0.433 e. The largest absolute Gasteiger partial charge is 0.433 e. The molecule has 1 saturated heterocycles. The fourth-order valence-corrected chi connectivity index (χ4v) is 4.63. The van der Waals surface area contributed by atoms with Gasteiger partial charge < -0.3 is 14.4 Å². The minimum Gasteiger partial charge on any atom is -0.337 e. The van der Waals surface area contributed by atoms with Gasteiger partial charge in [0.05, 0.1) is 22.6 Å². The highest BCUT2D eigenvalue weighted by Crippen LogP contribution is 2.32. The van der Waals surface area contributed by atoms with Crippen molar-refractivity contribution in [2.45, 2.75) is 38.4 Å². The molecule has 1 N–H and O–H groups in total. The first-order valence-corrected chi connectivity index (χ1v) is 12.5. The lowest BCUT2D eigenvalue weighted by Crippen LogP contribution is -2.35. The van der Waals surface area contributed by atoms with E-state index in [0.29, 0.717) is 25.2 Å². The number of carbonyl (C=O) groups is 2. The Labute approximate surface area is 219 Å². The molecule has 11 heteroatoms. The predicted molar refractivity (Wildman–Crippen MR) is 139 cm³/mol. The molecule has 0 saturated carbocycles. The number of fused-ring (bicyclic) bond motifs is 1. The molecule has 38 heavy (non-hydrogen) atoms. The van der Waals surface area contributed by atoms with E-state index in [1.54, 1.807) is 6.08 Å². The average Bonchev–Trinajstić information content (AvgIpc) is 3.05. The van der Waals surface area contributed by atoms with Crippen molar-refractivity contribution in [3.63, 3.8) is 0 Å². The van der Waals surface area contributed by atoms with Gasteiger partial charge in [-0.15, -0.1) is 0 Å². The summed E-state index contributed by atoms with van der Waals surface area (Å²) < 4.78 is 40.6. The number of hydrogen-bond acceptors (Lipinski definition) is 5. The summed E-state index contributed by atoms with van der Waals surface area (Å²) in [4.78, 5) is 37.8. The summed E-state index contributed by atoms with van der Waals surface area (Å²) >= 11 is 0. The molecule has 1 atom stereocenters. The maximum absolute atomic E-state index is 13.0. The first-order chi connectivity index (χ1) is 18.0. The van der Waals surface area contributed by atoms with Crippen LogP contribution in [0.5, 0.6) is 0 Å². The molecular weight excluding hydrogens is 497 g/mol. The molecule has 1 unspecified atom stereocenters. The third-order valence-corrected chi connectivity index (χ3v) is 6.51. The quantitative estimate of drug-likeness (QED) is 0.470. The fraction of sp³-hybridized carbons (Fsp3) is 0.407. The number of imidazole rings is 1. The highest BCUT2D eigenvalue weighted by molar-refractivity contribution is 6.04. The lowest BCUT2D eigenvalue weighted by Gasteiger charge is -2.26. The zero-order valence-corrected chi connectivity index (χ0v) is 21.6. The van der Waals surface area contributed by atoms with Gasteiger partial charge in [-0.3, -0.25) is 19.9 Å². The summed E-state index contributed by atoms with van der Waals surface area (Å²) in [6, 6.07) is 7.39. The molecule has 1 fully saturated rings. The SMILES string of the molecule is Cc1cccc2nc(NC(=O)c3ccc(C(F)(F)F)nc3)n(C3CCCCN(C(=O)/C=C\CN(C)C)C3)c12. The third kappa shape index (κ3) is 6.21. The highest BCUT2D eigenvalue weighted by atomic mass is 19.4. The van der Waals surface area contributed by atoms with E-state index >= 15 is 0 Å². The number of nitrogens with zero attached hydrogens (tertiary/aromatic N) is 5. The number of halogens is 3. The molecule has 1 aliphatic heterocycles. The Bertz CT molecular complexity index is 1330. The molecular formula is C27H31F3N6O2. The molecule has 3 aromatic rings. The Morgan fingerprint density at radius 2 is 1.97 bits per heavy atom.